The molecule has 1 rings (SSSR count). The largest absolute Gasteiger partial charge is 0.313 e. The molecule has 0 amide bonds. The van der Waals surface area contributed by atoms with E-state index in [2.05, 4.69) is 36.3 Å². The Bertz CT molecular complexity index is 231. The lowest BCUT2D eigenvalue weighted by molar-refractivity contribution is 0.456. The van der Waals surface area contributed by atoms with Crippen LogP contribution in [0.2, 0.25) is 0 Å². The zero-order valence-electron chi connectivity index (χ0n) is 8.62. The molecule has 0 fully saturated rings. The Kier molecular flexibility index (Phi) is 3.90. The first-order chi connectivity index (χ1) is 6.24. The molecule has 0 aliphatic carbocycles. The fraction of sp³-hybridized carbons (Fsp3) is 0.545. The zero-order valence-corrected chi connectivity index (χ0v) is 8.62. The van der Waals surface area contributed by atoms with E-state index < -0.39 is 0 Å². The van der Waals surface area contributed by atoms with Crippen LogP contribution in [0.3, 0.4) is 0 Å². The Hall–Kier alpha value is -0.890. The van der Waals surface area contributed by atoms with Gasteiger partial charge in [-0.1, -0.05) is 13.8 Å². The lowest BCUT2D eigenvalue weighted by Gasteiger charge is -2.18. The third-order valence-corrected chi connectivity index (χ3v) is 2.16. The number of pyridine rings is 1. The van der Waals surface area contributed by atoms with Gasteiger partial charge in [0.05, 0.1) is 0 Å². The highest BCUT2D eigenvalue weighted by Gasteiger charge is 2.09. The van der Waals surface area contributed by atoms with Crippen LogP contribution >= 0.6 is 0 Å². The normalized spacial score (nSPS) is 13.2. The smallest absolute Gasteiger partial charge is 0.0321 e. The van der Waals surface area contributed by atoms with E-state index in [4.69, 9.17) is 0 Å². The fourth-order valence-corrected chi connectivity index (χ4v) is 1.49. The van der Waals surface area contributed by atoms with E-state index in [1.165, 1.54) is 12.0 Å². The minimum absolute atomic E-state index is 0.461. The summed E-state index contributed by atoms with van der Waals surface area (Å²) in [4.78, 5) is 4.01. The average Bonchev–Trinajstić information content (AvgIpc) is 2.15. The predicted molar refractivity (Wildman–Crippen MR) is 55.5 cm³/mol. The van der Waals surface area contributed by atoms with E-state index in [9.17, 15) is 0 Å². The standard InChI is InChI=1S/C11H18N2/c1-9(2)8-11(12-3)10-4-6-13-7-5-10/h4-7,9,11-12H,8H2,1-3H3. The van der Waals surface area contributed by atoms with Crippen LogP contribution in [0.15, 0.2) is 24.5 Å². The maximum Gasteiger partial charge on any atom is 0.0321 e. The first kappa shape index (κ1) is 10.2. The van der Waals surface area contributed by atoms with Gasteiger partial charge in [-0.2, -0.15) is 0 Å². The van der Waals surface area contributed by atoms with Crippen LogP contribution in [0.5, 0.6) is 0 Å². The van der Waals surface area contributed by atoms with E-state index in [0.29, 0.717) is 12.0 Å². The second-order valence-electron chi connectivity index (χ2n) is 3.75. The molecule has 0 radical (unpaired) electrons. The van der Waals surface area contributed by atoms with Gasteiger partial charge in [0.1, 0.15) is 0 Å². The molecule has 0 saturated heterocycles. The molecule has 1 aromatic heterocycles. The Morgan fingerprint density at radius 2 is 1.92 bits per heavy atom. The van der Waals surface area contributed by atoms with Crippen molar-refractivity contribution in [2.45, 2.75) is 26.3 Å². The Labute approximate surface area is 80.4 Å². The molecule has 1 unspecified atom stereocenters. The number of hydrogen-bond donors (Lipinski definition) is 1. The van der Waals surface area contributed by atoms with Crippen LogP contribution in [-0.2, 0) is 0 Å². The van der Waals surface area contributed by atoms with Crippen molar-refractivity contribution in [1.82, 2.24) is 10.3 Å². The second-order valence-corrected chi connectivity index (χ2v) is 3.75. The summed E-state index contributed by atoms with van der Waals surface area (Å²) in [5, 5.41) is 3.32. The van der Waals surface area contributed by atoms with Crippen LogP contribution < -0.4 is 5.32 Å². The molecule has 1 aromatic rings. The third kappa shape index (κ3) is 3.15. The summed E-state index contributed by atoms with van der Waals surface area (Å²) in [6.07, 6.45) is 4.86. The van der Waals surface area contributed by atoms with Crippen molar-refractivity contribution in [2.75, 3.05) is 7.05 Å². The highest BCUT2D eigenvalue weighted by Crippen LogP contribution is 2.19. The minimum Gasteiger partial charge on any atom is -0.313 e. The van der Waals surface area contributed by atoms with Crippen LogP contribution in [0.1, 0.15) is 31.9 Å². The number of hydrogen-bond acceptors (Lipinski definition) is 2. The van der Waals surface area contributed by atoms with Crippen LogP contribution in [-0.4, -0.2) is 12.0 Å². The molecule has 0 aliphatic rings. The Morgan fingerprint density at radius 3 is 2.38 bits per heavy atom. The lowest BCUT2D eigenvalue weighted by atomic mass is 9.98. The van der Waals surface area contributed by atoms with Crippen molar-refractivity contribution in [3.63, 3.8) is 0 Å². The van der Waals surface area contributed by atoms with Crippen molar-refractivity contribution >= 4 is 0 Å². The summed E-state index contributed by atoms with van der Waals surface area (Å²) in [7, 11) is 2.01. The van der Waals surface area contributed by atoms with E-state index in [1.807, 2.05) is 19.4 Å². The minimum atomic E-state index is 0.461. The van der Waals surface area contributed by atoms with Gasteiger partial charge in [-0.25, -0.2) is 0 Å². The monoisotopic (exact) mass is 178 g/mol. The molecule has 0 aliphatic heterocycles. The lowest BCUT2D eigenvalue weighted by Crippen LogP contribution is -2.18. The summed E-state index contributed by atoms with van der Waals surface area (Å²) in [6, 6.07) is 4.61. The van der Waals surface area contributed by atoms with Gasteiger partial charge in [0.15, 0.2) is 0 Å². The molecular weight excluding hydrogens is 160 g/mol. The third-order valence-electron chi connectivity index (χ3n) is 2.16. The molecule has 0 bridgehead atoms. The van der Waals surface area contributed by atoms with E-state index in [1.54, 1.807) is 0 Å². The van der Waals surface area contributed by atoms with Crippen LogP contribution in [0.4, 0.5) is 0 Å². The molecule has 1 atom stereocenters. The summed E-state index contributed by atoms with van der Waals surface area (Å²) >= 11 is 0. The molecule has 72 valence electrons. The maximum absolute atomic E-state index is 4.01. The molecule has 0 aromatic carbocycles. The molecule has 2 heteroatoms. The van der Waals surface area contributed by atoms with E-state index in [0.717, 1.165) is 0 Å². The molecule has 1 N–H and O–H groups in total. The summed E-state index contributed by atoms with van der Waals surface area (Å²) in [5.74, 6) is 0.714. The quantitative estimate of drug-likeness (QED) is 0.765. The summed E-state index contributed by atoms with van der Waals surface area (Å²) in [6.45, 7) is 4.48. The Balaban J connectivity index is 2.67. The van der Waals surface area contributed by atoms with Gasteiger partial charge >= 0.3 is 0 Å². The molecule has 13 heavy (non-hydrogen) atoms. The van der Waals surface area contributed by atoms with Crippen molar-refractivity contribution in [1.29, 1.82) is 0 Å². The van der Waals surface area contributed by atoms with Gasteiger partial charge in [-0.3, -0.25) is 4.98 Å². The first-order valence-electron chi connectivity index (χ1n) is 4.81. The van der Waals surface area contributed by atoms with Gasteiger partial charge in [-0.15, -0.1) is 0 Å². The van der Waals surface area contributed by atoms with Gasteiger partial charge in [0.2, 0.25) is 0 Å². The number of aromatic nitrogens is 1. The average molecular weight is 178 g/mol. The zero-order chi connectivity index (χ0) is 9.68. The number of nitrogens with zero attached hydrogens (tertiary/aromatic N) is 1. The highest BCUT2D eigenvalue weighted by molar-refractivity contribution is 5.14. The summed E-state index contributed by atoms with van der Waals surface area (Å²) in [5.41, 5.74) is 1.33. The molecule has 1 heterocycles. The van der Waals surface area contributed by atoms with Gasteiger partial charge < -0.3 is 5.32 Å². The SMILES string of the molecule is CNC(CC(C)C)c1ccncc1. The number of nitrogens with one attached hydrogen (secondary N) is 1. The second kappa shape index (κ2) is 4.97. The van der Waals surface area contributed by atoms with E-state index >= 15 is 0 Å². The molecular formula is C11H18N2. The first-order valence-corrected chi connectivity index (χ1v) is 4.81. The highest BCUT2D eigenvalue weighted by atomic mass is 14.9. The van der Waals surface area contributed by atoms with Crippen LogP contribution in [0.25, 0.3) is 0 Å². The van der Waals surface area contributed by atoms with E-state index in [-0.39, 0.29) is 0 Å². The van der Waals surface area contributed by atoms with Gasteiger partial charge in [-0.05, 0) is 37.1 Å². The maximum atomic E-state index is 4.01. The number of rotatable bonds is 4. The van der Waals surface area contributed by atoms with Crippen molar-refractivity contribution in [2.24, 2.45) is 5.92 Å². The Morgan fingerprint density at radius 1 is 1.31 bits per heavy atom. The molecule has 2 nitrogen and oxygen atoms in total. The van der Waals surface area contributed by atoms with Gasteiger partial charge in [0.25, 0.3) is 0 Å². The van der Waals surface area contributed by atoms with Crippen molar-refractivity contribution in [3.8, 4) is 0 Å². The van der Waals surface area contributed by atoms with Crippen LogP contribution in [0, 0.1) is 5.92 Å². The van der Waals surface area contributed by atoms with Crippen molar-refractivity contribution < 1.29 is 0 Å². The van der Waals surface area contributed by atoms with Crippen molar-refractivity contribution in [3.05, 3.63) is 30.1 Å². The molecule has 0 saturated carbocycles. The summed E-state index contributed by atoms with van der Waals surface area (Å²) < 4.78 is 0. The predicted octanol–water partition coefficient (Wildman–Crippen LogP) is 2.39. The topological polar surface area (TPSA) is 24.9 Å². The fourth-order valence-electron chi connectivity index (χ4n) is 1.49. The van der Waals surface area contributed by atoms with Gasteiger partial charge in [0, 0.05) is 18.4 Å². The molecule has 0 spiro atoms.